The molecule has 25 heavy (non-hydrogen) atoms. The van der Waals surface area contributed by atoms with Crippen LogP contribution in [0.3, 0.4) is 0 Å². The van der Waals surface area contributed by atoms with Gasteiger partial charge in [0, 0.05) is 24.6 Å². The molecule has 1 N–H and O–H groups in total. The molecule has 1 saturated heterocycles. The average molecular weight is 337 g/mol. The van der Waals surface area contributed by atoms with Crippen LogP contribution in [0.5, 0.6) is 0 Å². The second kappa shape index (κ2) is 7.05. The number of carbonyl (C=O) groups excluding carboxylic acids is 2. The average Bonchev–Trinajstić information content (AvgIpc) is 2.88. The zero-order valence-electron chi connectivity index (χ0n) is 14.9. The maximum atomic E-state index is 12.8. The minimum absolute atomic E-state index is 0.0295. The normalized spacial score (nSPS) is 17.0. The lowest BCUT2D eigenvalue weighted by atomic mass is 10.0. The summed E-state index contributed by atoms with van der Waals surface area (Å²) in [6, 6.07) is 7.34. The molecule has 0 bridgehead atoms. The molecular weight excluding hydrogens is 314 g/mol. The summed E-state index contributed by atoms with van der Waals surface area (Å²) >= 11 is 0. The first-order chi connectivity index (χ1) is 12.0. The molecule has 0 aliphatic carbocycles. The van der Waals surface area contributed by atoms with Gasteiger partial charge in [0.15, 0.2) is 0 Å². The summed E-state index contributed by atoms with van der Waals surface area (Å²) in [6.07, 6.45) is 4.21. The molecule has 2 amide bonds. The smallest absolute Gasteiger partial charge is 0.249 e. The van der Waals surface area contributed by atoms with Crippen molar-refractivity contribution in [1.29, 1.82) is 0 Å². The number of hydrogen-bond donors (Lipinski definition) is 1. The molecule has 1 atom stereocenters. The monoisotopic (exact) mass is 337 g/mol. The first kappa shape index (κ1) is 17.1. The molecule has 1 aromatic heterocycles. The van der Waals surface area contributed by atoms with E-state index < -0.39 is 6.04 Å². The number of aromatic nitrogens is 1. The number of aryl methyl sites for hydroxylation is 3. The van der Waals surface area contributed by atoms with Crippen LogP contribution in [0.1, 0.15) is 28.7 Å². The lowest BCUT2D eigenvalue weighted by Gasteiger charge is -2.22. The second-order valence-corrected chi connectivity index (χ2v) is 6.68. The van der Waals surface area contributed by atoms with Crippen LogP contribution in [0.15, 0.2) is 36.7 Å². The van der Waals surface area contributed by atoms with Crippen LogP contribution in [-0.2, 0) is 16.0 Å². The van der Waals surface area contributed by atoms with Crippen LogP contribution in [-0.4, -0.2) is 29.4 Å². The van der Waals surface area contributed by atoms with Gasteiger partial charge in [-0.2, -0.15) is 0 Å². The van der Waals surface area contributed by atoms with Crippen molar-refractivity contribution in [3.8, 4) is 0 Å². The lowest BCUT2D eigenvalue weighted by Crippen LogP contribution is -2.42. The van der Waals surface area contributed by atoms with Crippen molar-refractivity contribution < 1.29 is 9.59 Å². The molecule has 1 aromatic carbocycles. The Hall–Kier alpha value is -2.69. The van der Waals surface area contributed by atoms with Crippen molar-refractivity contribution in [3.63, 3.8) is 0 Å². The zero-order valence-corrected chi connectivity index (χ0v) is 14.9. The van der Waals surface area contributed by atoms with Gasteiger partial charge in [0.2, 0.25) is 11.8 Å². The van der Waals surface area contributed by atoms with Gasteiger partial charge in [-0.1, -0.05) is 17.7 Å². The van der Waals surface area contributed by atoms with Gasteiger partial charge in [0.05, 0.1) is 6.42 Å². The van der Waals surface area contributed by atoms with Crippen molar-refractivity contribution in [2.45, 2.75) is 39.7 Å². The van der Waals surface area contributed by atoms with Crippen LogP contribution < -0.4 is 10.2 Å². The zero-order chi connectivity index (χ0) is 18.0. The van der Waals surface area contributed by atoms with E-state index in [1.165, 1.54) is 5.56 Å². The van der Waals surface area contributed by atoms with E-state index in [4.69, 9.17) is 0 Å². The van der Waals surface area contributed by atoms with E-state index in [0.29, 0.717) is 13.0 Å². The van der Waals surface area contributed by atoms with E-state index in [0.717, 1.165) is 22.4 Å². The highest BCUT2D eigenvalue weighted by Crippen LogP contribution is 2.30. The van der Waals surface area contributed by atoms with Crippen molar-refractivity contribution in [2.24, 2.45) is 0 Å². The minimum atomic E-state index is -0.450. The molecule has 5 heteroatoms. The van der Waals surface area contributed by atoms with Crippen LogP contribution in [0.2, 0.25) is 0 Å². The third-order valence-corrected chi connectivity index (χ3v) is 4.56. The number of carbonyl (C=O) groups is 2. The highest BCUT2D eigenvalue weighted by Gasteiger charge is 2.34. The first-order valence-electron chi connectivity index (χ1n) is 8.53. The van der Waals surface area contributed by atoms with Gasteiger partial charge in [-0.15, -0.1) is 0 Å². The first-order valence-corrected chi connectivity index (χ1v) is 8.53. The summed E-state index contributed by atoms with van der Waals surface area (Å²) < 4.78 is 0. The Labute approximate surface area is 148 Å². The van der Waals surface area contributed by atoms with Crippen molar-refractivity contribution in [1.82, 2.24) is 10.3 Å². The number of nitrogens with zero attached hydrogens (tertiary/aromatic N) is 2. The molecule has 130 valence electrons. The van der Waals surface area contributed by atoms with E-state index in [9.17, 15) is 9.59 Å². The summed E-state index contributed by atoms with van der Waals surface area (Å²) in [5.41, 5.74) is 5.23. The standard InChI is InChI=1S/C20H23N3O2/c1-13-10-14(2)19(15(3)11-13)23-9-6-17(20(23)25)22-18(24)12-16-4-7-21-8-5-16/h4-5,7-8,10-11,17H,6,9,12H2,1-3H3,(H,22,24)/t17-/m0/s1. The molecular formula is C20H23N3O2. The fourth-order valence-corrected chi connectivity index (χ4v) is 3.57. The molecule has 5 nitrogen and oxygen atoms in total. The highest BCUT2D eigenvalue weighted by molar-refractivity contribution is 6.02. The number of hydrogen-bond acceptors (Lipinski definition) is 3. The highest BCUT2D eigenvalue weighted by atomic mass is 16.2. The number of anilines is 1. The molecule has 2 heterocycles. The number of pyridine rings is 1. The minimum Gasteiger partial charge on any atom is -0.344 e. The number of nitrogens with one attached hydrogen (secondary N) is 1. The number of rotatable bonds is 4. The summed E-state index contributed by atoms with van der Waals surface area (Å²) in [5, 5.41) is 2.88. The summed E-state index contributed by atoms with van der Waals surface area (Å²) in [5.74, 6) is -0.165. The Bertz CT molecular complexity index is 779. The quantitative estimate of drug-likeness (QED) is 0.932. The number of benzene rings is 1. The van der Waals surface area contributed by atoms with Gasteiger partial charge < -0.3 is 10.2 Å². The van der Waals surface area contributed by atoms with Gasteiger partial charge in [-0.25, -0.2) is 0 Å². The number of amides is 2. The molecule has 1 aliphatic rings. The van der Waals surface area contributed by atoms with Crippen LogP contribution in [0.25, 0.3) is 0 Å². The summed E-state index contributed by atoms with van der Waals surface area (Å²) in [4.78, 5) is 30.8. The Morgan fingerprint density at radius 2 is 1.84 bits per heavy atom. The summed E-state index contributed by atoms with van der Waals surface area (Å²) in [6.45, 7) is 6.73. The lowest BCUT2D eigenvalue weighted by molar-refractivity contribution is -0.126. The van der Waals surface area contributed by atoms with E-state index in [1.807, 2.05) is 18.7 Å². The molecule has 0 spiro atoms. The van der Waals surface area contributed by atoms with E-state index >= 15 is 0 Å². The van der Waals surface area contributed by atoms with Gasteiger partial charge in [0.1, 0.15) is 6.04 Å². The van der Waals surface area contributed by atoms with Crippen LogP contribution in [0.4, 0.5) is 5.69 Å². The molecule has 3 rings (SSSR count). The summed E-state index contributed by atoms with van der Waals surface area (Å²) in [7, 11) is 0. The van der Waals surface area contributed by atoms with Crippen LogP contribution in [0, 0.1) is 20.8 Å². The fraction of sp³-hybridized carbons (Fsp3) is 0.350. The van der Waals surface area contributed by atoms with Crippen molar-refractivity contribution in [3.05, 3.63) is 58.9 Å². The predicted molar refractivity (Wildman–Crippen MR) is 97.5 cm³/mol. The predicted octanol–water partition coefficient (Wildman–Crippen LogP) is 2.47. The Morgan fingerprint density at radius 3 is 2.48 bits per heavy atom. The van der Waals surface area contributed by atoms with Crippen molar-refractivity contribution >= 4 is 17.5 Å². The Kier molecular flexibility index (Phi) is 4.83. The SMILES string of the molecule is Cc1cc(C)c(N2CC[C@H](NC(=O)Cc3ccncc3)C2=O)c(C)c1. The third kappa shape index (κ3) is 3.71. The molecule has 2 aromatic rings. The molecule has 0 saturated carbocycles. The molecule has 0 unspecified atom stereocenters. The van der Waals surface area contributed by atoms with E-state index in [1.54, 1.807) is 24.5 Å². The maximum absolute atomic E-state index is 12.8. The third-order valence-electron chi connectivity index (χ3n) is 4.56. The van der Waals surface area contributed by atoms with Gasteiger partial charge in [-0.05, 0) is 56.0 Å². The van der Waals surface area contributed by atoms with Crippen molar-refractivity contribution in [2.75, 3.05) is 11.4 Å². The van der Waals surface area contributed by atoms with Crippen LogP contribution >= 0.6 is 0 Å². The van der Waals surface area contributed by atoms with Gasteiger partial charge in [-0.3, -0.25) is 14.6 Å². The Morgan fingerprint density at radius 1 is 1.20 bits per heavy atom. The molecule has 1 aliphatic heterocycles. The second-order valence-electron chi connectivity index (χ2n) is 6.68. The van der Waals surface area contributed by atoms with E-state index in [-0.39, 0.29) is 18.2 Å². The fourth-order valence-electron chi connectivity index (χ4n) is 3.57. The largest absolute Gasteiger partial charge is 0.344 e. The van der Waals surface area contributed by atoms with E-state index in [2.05, 4.69) is 29.4 Å². The van der Waals surface area contributed by atoms with Gasteiger partial charge in [0.25, 0.3) is 0 Å². The van der Waals surface area contributed by atoms with Gasteiger partial charge >= 0.3 is 0 Å². The molecule has 1 fully saturated rings. The Balaban J connectivity index is 1.69. The molecule has 0 radical (unpaired) electrons. The maximum Gasteiger partial charge on any atom is 0.249 e. The topological polar surface area (TPSA) is 62.3 Å².